The summed E-state index contributed by atoms with van der Waals surface area (Å²) in [5, 5.41) is 0. The molecule has 0 aliphatic carbocycles. The molecule has 9 heavy (non-hydrogen) atoms. The summed E-state index contributed by atoms with van der Waals surface area (Å²) in [5.74, 6) is 8.00. The van der Waals surface area contributed by atoms with Crippen molar-refractivity contribution in [2.45, 2.75) is 13.8 Å². The fraction of sp³-hybridized carbons (Fsp3) is 0.667. The Morgan fingerprint density at radius 2 is 2.00 bits per heavy atom. The highest BCUT2D eigenvalue weighted by Crippen LogP contribution is 1.73. The van der Waals surface area contributed by atoms with E-state index < -0.39 is 0 Å². The van der Waals surface area contributed by atoms with Crippen LogP contribution in [0.3, 0.4) is 0 Å². The Hall–Kier alpha value is -0.380. The summed E-state index contributed by atoms with van der Waals surface area (Å²) in [6, 6.07) is 0. The van der Waals surface area contributed by atoms with Crippen molar-refractivity contribution >= 4 is 0 Å². The van der Waals surface area contributed by atoms with Crippen LogP contribution in [0, 0.1) is 0 Å². The molecule has 4 N–H and O–H groups in total. The lowest BCUT2D eigenvalue weighted by Gasteiger charge is -1.89. The highest BCUT2D eigenvalue weighted by molar-refractivity contribution is 4.75. The summed E-state index contributed by atoms with van der Waals surface area (Å²) in [4.78, 5) is 0. The number of nitrogens with two attached hydrogens (primary N) is 2. The third-order valence-corrected chi connectivity index (χ3v) is 0.654. The molecule has 0 heterocycles. The van der Waals surface area contributed by atoms with Crippen molar-refractivity contribution < 1.29 is 4.74 Å². The SMILES string of the molecule is CC=CCOCC.NN. The predicted molar refractivity (Wildman–Crippen MR) is 39.7 cm³/mol. The van der Waals surface area contributed by atoms with Crippen LogP contribution in [0.1, 0.15) is 13.8 Å². The van der Waals surface area contributed by atoms with Crippen LogP contribution in [-0.4, -0.2) is 13.2 Å². The number of allylic oxidation sites excluding steroid dienone is 1. The zero-order valence-corrected chi connectivity index (χ0v) is 6.13. The second-order valence-corrected chi connectivity index (χ2v) is 1.23. The molecule has 0 amide bonds. The highest BCUT2D eigenvalue weighted by Gasteiger charge is 1.69. The van der Waals surface area contributed by atoms with Gasteiger partial charge in [-0.05, 0) is 13.8 Å². The van der Waals surface area contributed by atoms with Crippen LogP contribution < -0.4 is 11.7 Å². The van der Waals surface area contributed by atoms with E-state index in [1.54, 1.807) is 0 Å². The zero-order chi connectivity index (χ0) is 7.54. The van der Waals surface area contributed by atoms with Crippen molar-refractivity contribution in [3.8, 4) is 0 Å². The van der Waals surface area contributed by atoms with Gasteiger partial charge in [0.25, 0.3) is 0 Å². The molecule has 0 unspecified atom stereocenters. The van der Waals surface area contributed by atoms with Gasteiger partial charge in [-0.1, -0.05) is 12.2 Å². The molecule has 3 heteroatoms. The predicted octanol–water partition coefficient (Wildman–Crippen LogP) is 0.418. The molecule has 0 saturated carbocycles. The van der Waals surface area contributed by atoms with E-state index in [0.717, 1.165) is 13.2 Å². The third kappa shape index (κ3) is 18.4. The molecule has 0 saturated heterocycles. The fourth-order valence-electron chi connectivity index (χ4n) is 0.282. The van der Waals surface area contributed by atoms with E-state index >= 15 is 0 Å². The Bertz CT molecular complexity index is 55.0. The molecule has 0 aromatic rings. The van der Waals surface area contributed by atoms with E-state index in [2.05, 4.69) is 11.7 Å². The molecule has 0 aromatic heterocycles. The first-order valence-corrected chi connectivity index (χ1v) is 2.94. The van der Waals surface area contributed by atoms with Crippen molar-refractivity contribution in [3.63, 3.8) is 0 Å². The largest absolute Gasteiger partial charge is 0.378 e. The monoisotopic (exact) mass is 132 g/mol. The van der Waals surface area contributed by atoms with Gasteiger partial charge in [-0.2, -0.15) is 0 Å². The lowest BCUT2D eigenvalue weighted by molar-refractivity contribution is 0.177. The van der Waals surface area contributed by atoms with E-state index in [0.29, 0.717) is 0 Å². The van der Waals surface area contributed by atoms with Crippen molar-refractivity contribution in [2.24, 2.45) is 11.7 Å². The summed E-state index contributed by atoms with van der Waals surface area (Å²) < 4.78 is 4.99. The molecular weight excluding hydrogens is 116 g/mol. The molecule has 3 nitrogen and oxygen atoms in total. The van der Waals surface area contributed by atoms with Gasteiger partial charge in [-0.15, -0.1) is 0 Å². The van der Waals surface area contributed by atoms with Crippen molar-refractivity contribution in [1.29, 1.82) is 0 Å². The zero-order valence-electron chi connectivity index (χ0n) is 6.13. The van der Waals surface area contributed by atoms with E-state index in [1.165, 1.54) is 0 Å². The first kappa shape index (κ1) is 11.4. The molecule has 0 fully saturated rings. The van der Waals surface area contributed by atoms with Gasteiger partial charge in [0, 0.05) is 6.61 Å². The molecule has 0 atom stereocenters. The lowest BCUT2D eigenvalue weighted by atomic mass is 10.5. The Kier molecular flexibility index (Phi) is 19.9. The molecule has 0 aliphatic heterocycles. The maximum absolute atomic E-state index is 4.99. The second-order valence-electron chi connectivity index (χ2n) is 1.23. The van der Waals surface area contributed by atoms with Gasteiger partial charge in [0.2, 0.25) is 0 Å². The van der Waals surface area contributed by atoms with E-state index in [1.807, 2.05) is 26.0 Å². The van der Waals surface area contributed by atoms with Gasteiger partial charge in [0.05, 0.1) is 6.61 Å². The normalized spacial score (nSPS) is 8.89. The maximum atomic E-state index is 4.99. The number of hydrazine groups is 1. The van der Waals surface area contributed by atoms with Crippen molar-refractivity contribution in [2.75, 3.05) is 13.2 Å². The van der Waals surface area contributed by atoms with E-state index in [4.69, 9.17) is 4.74 Å². The summed E-state index contributed by atoms with van der Waals surface area (Å²) in [5.41, 5.74) is 0. The van der Waals surface area contributed by atoms with Crippen molar-refractivity contribution in [1.82, 2.24) is 0 Å². The summed E-state index contributed by atoms with van der Waals surface area (Å²) in [6.45, 7) is 5.54. The number of ether oxygens (including phenoxy) is 1. The topological polar surface area (TPSA) is 61.3 Å². The van der Waals surface area contributed by atoms with Gasteiger partial charge in [-0.3, -0.25) is 11.7 Å². The van der Waals surface area contributed by atoms with Crippen LogP contribution in [0.25, 0.3) is 0 Å². The van der Waals surface area contributed by atoms with Gasteiger partial charge in [-0.25, -0.2) is 0 Å². The first-order chi connectivity index (χ1) is 4.41. The summed E-state index contributed by atoms with van der Waals surface area (Å²) in [7, 11) is 0. The van der Waals surface area contributed by atoms with Gasteiger partial charge < -0.3 is 4.74 Å². The number of hydrogen-bond acceptors (Lipinski definition) is 3. The summed E-state index contributed by atoms with van der Waals surface area (Å²) in [6.07, 6.45) is 3.97. The maximum Gasteiger partial charge on any atom is 0.0647 e. The summed E-state index contributed by atoms with van der Waals surface area (Å²) >= 11 is 0. The van der Waals surface area contributed by atoms with Crippen LogP contribution >= 0.6 is 0 Å². The Morgan fingerprint density at radius 1 is 1.44 bits per heavy atom. The van der Waals surface area contributed by atoms with Crippen LogP contribution in [0.5, 0.6) is 0 Å². The number of hydrogen-bond donors (Lipinski definition) is 2. The molecular formula is C6H16N2O. The quantitative estimate of drug-likeness (QED) is 0.253. The standard InChI is InChI=1S/C6H12O.H4N2/c1-3-5-6-7-4-2;1-2/h3,5H,4,6H2,1-2H3;1-2H2. The fourth-order valence-corrected chi connectivity index (χ4v) is 0.282. The Morgan fingerprint density at radius 3 is 2.33 bits per heavy atom. The minimum atomic E-state index is 0.757. The van der Waals surface area contributed by atoms with Crippen LogP contribution in [-0.2, 0) is 4.74 Å². The van der Waals surface area contributed by atoms with Crippen molar-refractivity contribution in [3.05, 3.63) is 12.2 Å². The number of rotatable bonds is 3. The Labute approximate surface area is 56.6 Å². The van der Waals surface area contributed by atoms with Gasteiger partial charge >= 0.3 is 0 Å². The molecule has 0 radical (unpaired) electrons. The molecule has 56 valence electrons. The van der Waals surface area contributed by atoms with Crippen LogP contribution in [0.15, 0.2) is 12.2 Å². The minimum Gasteiger partial charge on any atom is -0.378 e. The van der Waals surface area contributed by atoms with E-state index in [-0.39, 0.29) is 0 Å². The first-order valence-electron chi connectivity index (χ1n) is 2.94. The molecule has 0 rings (SSSR count). The van der Waals surface area contributed by atoms with Crippen LogP contribution in [0.4, 0.5) is 0 Å². The Balaban J connectivity index is 0. The minimum absolute atomic E-state index is 0.757. The van der Waals surface area contributed by atoms with Gasteiger partial charge in [0.1, 0.15) is 0 Å². The van der Waals surface area contributed by atoms with E-state index in [9.17, 15) is 0 Å². The van der Waals surface area contributed by atoms with Gasteiger partial charge in [0.15, 0.2) is 0 Å². The highest BCUT2D eigenvalue weighted by atomic mass is 16.5. The average molecular weight is 132 g/mol. The van der Waals surface area contributed by atoms with Crippen LogP contribution in [0.2, 0.25) is 0 Å². The molecule has 0 bridgehead atoms. The lowest BCUT2D eigenvalue weighted by Crippen LogP contribution is -2.02. The third-order valence-electron chi connectivity index (χ3n) is 0.654. The molecule has 0 aromatic carbocycles. The smallest absolute Gasteiger partial charge is 0.0647 e. The second kappa shape index (κ2) is 15.6. The molecule has 0 spiro atoms. The average Bonchev–Trinajstić information content (AvgIpc) is 1.94. The molecule has 0 aliphatic rings.